The predicted molar refractivity (Wildman–Crippen MR) is 38.4 cm³/mol. The normalized spacial score (nSPS) is 19.1. The van der Waals surface area contributed by atoms with Crippen LogP contribution in [0, 0.1) is 0 Å². The minimum Gasteiger partial charge on any atom is -0.691 e. The van der Waals surface area contributed by atoms with Gasteiger partial charge in [0.2, 0.25) is 0 Å². The zero-order valence-electron chi connectivity index (χ0n) is 7.12. The zero-order valence-corrected chi connectivity index (χ0v) is 7.94. The average Bonchev–Trinajstić information content (AvgIpc) is 2.80. The molecule has 5 nitrogen and oxygen atoms in total. The van der Waals surface area contributed by atoms with Gasteiger partial charge in [0.15, 0.2) is 0 Å². The van der Waals surface area contributed by atoms with Crippen molar-refractivity contribution in [3.05, 3.63) is 0 Å². The standard InChI is InChI=1S/C6H8F2O5S/c1-5(2-3-5)11-4(9)6(7,8)14-13-12-10/h10H,2-3H2,1H3/p-1. The van der Waals surface area contributed by atoms with Crippen LogP contribution in [-0.2, 0) is 18.9 Å². The third-order valence-electron chi connectivity index (χ3n) is 1.70. The van der Waals surface area contributed by atoms with Crippen LogP contribution in [0.3, 0.4) is 0 Å². The second kappa shape index (κ2) is 3.97. The summed E-state index contributed by atoms with van der Waals surface area (Å²) in [4.78, 5) is 10.8. The summed E-state index contributed by atoms with van der Waals surface area (Å²) >= 11 is -0.687. The molecule has 0 atom stereocenters. The first-order chi connectivity index (χ1) is 6.40. The second-order valence-corrected chi connectivity index (χ2v) is 3.89. The van der Waals surface area contributed by atoms with Crippen LogP contribution in [0.2, 0.25) is 0 Å². The number of hydrogen-bond donors (Lipinski definition) is 0. The molecule has 0 spiro atoms. The van der Waals surface area contributed by atoms with Crippen molar-refractivity contribution in [2.24, 2.45) is 0 Å². The number of carbonyl (C=O) groups is 1. The molecule has 0 radical (unpaired) electrons. The van der Waals surface area contributed by atoms with Gasteiger partial charge in [-0.15, -0.1) is 0 Å². The highest BCUT2D eigenvalue weighted by Crippen LogP contribution is 2.42. The highest BCUT2D eigenvalue weighted by Gasteiger charge is 2.50. The van der Waals surface area contributed by atoms with Gasteiger partial charge in [-0.05, 0) is 19.8 Å². The molecule has 0 aromatic heterocycles. The summed E-state index contributed by atoms with van der Waals surface area (Å²) in [5, 5.41) is 8.03. The Morgan fingerprint density at radius 1 is 1.57 bits per heavy atom. The maximum Gasteiger partial charge on any atom is 0.415 e. The Morgan fingerprint density at radius 2 is 2.14 bits per heavy atom. The van der Waals surface area contributed by atoms with Crippen molar-refractivity contribution in [3.63, 3.8) is 0 Å². The molecular weight excluding hydrogens is 222 g/mol. The largest absolute Gasteiger partial charge is 0.691 e. The van der Waals surface area contributed by atoms with Crippen molar-refractivity contribution in [2.75, 3.05) is 0 Å². The highest BCUT2D eigenvalue weighted by atomic mass is 32.2. The summed E-state index contributed by atoms with van der Waals surface area (Å²) in [6.07, 6.45) is 1.11. The van der Waals surface area contributed by atoms with E-state index in [0.717, 1.165) is 0 Å². The fourth-order valence-corrected chi connectivity index (χ4v) is 0.875. The van der Waals surface area contributed by atoms with Crippen LogP contribution in [0.25, 0.3) is 0 Å². The number of hydrogen-bond acceptors (Lipinski definition) is 6. The third-order valence-corrected chi connectivity index (χ3v) is 2.20. The Labute approximate surface area is 82.4 Å². The molecule has 1 rings (SSSR count). The van der Waals surface area contributed by atoms with Gasteiger partial charge in [-0.25, -0.2) is 4.79 Å². The molecule has 0 aromatic rings. The molecule has 1 aliphatic carbocycles. The van der Waals surface area contributed by atoms with E-state index in [1.807, 2.05) is 0 Å². The minimum absolute atomic E-state index is 0.554. The molecular formula is C6H7F2O5S-. The number of rotatable bonds is 5. The molecule has 0 aromatic carbocycles. The van der Waals surface area contributed by atoms with Crippen molar-refractivity contribution >= 4 is 18.0 Å². The van der Waals surface area contributed by atoms with E-state index in [0.29, 0.717) is 12.8 Å². The minimum atomic E-state index is -3.93. The predicted octanol–water partition coefficient (Wildman–Crippen LogP) is 0.547. The van der Waals surface area contributed by atoms with Gasteiger partial charge in [-0.3, -0.25) is 5.04 Å². The summed E-state index contributed by atoms with van der Waals surface area (Å²) in [5.74, 6) is -1.74. The van der Waals surface area contributed by atoms with Crippen molar-refractivity contribution in [2.45, 2.75) is 30.6 Å². The first-order valence-electron chi connectivity index (χ1n) is 3.65. The van der Waals surface area contributed by atoms with Crippen LogP contribution in [-0.4, -0.2) is 16.8 Å². The summed E-state index contributed by atoms with van der Waals surface area (Å²) < 4.78 is 33.2. The van der Waals surface area contributed by atoms with Gasteiger partial charge >= 0.3 is 11.2 Å². The Balaban J connectivity index is 2.40. The maximum atomic E-state index is 12.7. The Bertz CT molecular complexity index is 230. The molecule has 0 unspecified atom stereocenters. The molecule has 0 N–H and O–H groups in total. The molecule has 1 aliphatic rings. The first kappa shape index (κ1) is 11.6. The second-order valence-electron chi connectivity index (χ2n) is 3.08. The van der Waals surface area contributed by atoms with Crippen LogP contribution < -0.4 is 5.26 Å². The molecule has 0 amide bonds. The van der Waals surface area contributed by atoms with E-state index in [2.05, 4.69) is 14.1 Å². The Kier molecular flexibility index (Phi) is 3.30. The lowest BCUT2D eigenvalue weighted by molar-refractivity contribution is -0.777. The van der Waals surface area contributed by atoms with E-state index in [9.17, 15) is 18.8 Å². The van der Waals surface area contributed by atoms with E-state index >= 15 is 0 Å². The number of esters is 1. The molecule has 0 bridgehead atoms. The van der Waals surface area contributed by atoms with Gasteiger partial charge in [0.25, 0.3) is 0 Å². The van der Waals surface area contributed by atoms with E-state index in [4.69, 9.17) is 0 Å². The summed E-state index contributed by atoms with van der Waals surface area (Å²) in [5.41, 5.74) is -0.792. The lowest BCUT2D eigenvalue weighted by Gasteiger charge is -2.17. The summed E-state index contributed by atoms with van der Waals surface area (Å²) in [7, 11) is 0. The summed E-state index contributed by atoms with van der Waals surface area (Å²) in [6, 6.07) is 0. The van der Waals surface area contributed by atoms with Crippen molar-refractivity contribution in [3.8, 4) is 0 Å². The number of ether oxygens (including phenoxy) is 1. The topological polar surface area (TPSA) is 67.8 Å². The number of alkyl halides is 2. The van der Waals surface area contributed by atoms with Gasteiger partial charge < -0.3 is 9.99 Å². The van der Waals surface area contributed by atoms with Crippen molar-refractivity contribution in [1.29, 1.82) is 0 Å². The zero-order chi connectivity index (χ0) is 10.8. The molecule has 1 fully saturated rings. The fourth-order valence-electron chi connectivity index (χ4n) is 0.652. The first-order valence-corrected chi connectivity index (χ1v) is 4.39. The molecule has 0 heterocycles. The monoisotopic (exact) mass is 229 g/mol. The van der Waals surface area contributed by atoms with Crippen LogP contribution in [0.5, 0.6) is 0 Å². The molecule has 0 aliphatic heterocycles. The van der Waals surface area contributed by atoms with Crippen molar-refractivity contribution < 1.29 is 32.9 Å². The average molecular weight is 229 g/mol. The molecule has 0 saturated heterocycles. The Hall–Kier alpha value is -0.440. The SMILES string of the molecule is CC1(OC(=O)C(F)(F)SOO[O-])CC1. The molecule has 14 heavy (non-hydrogen) atoms. The Morgan fingerprint density at radius 3 is 2.57 bits per heavy atom. The van der Waals surface area contributed by atoms with Crippen LogP contribution in [0.15, 0.2) is 0 Å². The van der Waals surface area contributed by atoms with Gasteiger partial charge in [0.1, 0.15) is 17.6 Å². The number of carbonyl (C=O) groups excluding carboxylic acids is 1. The molecule has 82 valence electrons. The lowest BCUT2D eigenvalue weighted by Crippen LogP contribution is -2.31. The van der Waals surface area contributed by atoms with Crippen LogP contribution in [0.4, 0.5) is 8.78 Å². The van der Waals surface area contributed by atoms with E-state index in [1.165, 1.54) is 6.92 Å². The van der Waals surface area contributed by atoms with E-state index < -0.39 is 28.9 Å². The third kappa shape index (κ3) is 3.05. The molecule has 8 heteroatoms. The molecule has 1 saturated carbocycles. The maximum absolute atomic E-state index is 12.7. The quantitative estimate of drug-likeness (QED) is 0.297. The van der Waals surface area contributed by atoms with Crippen LogP contribution in [0.1, 0.15) is 19.8 Å². The van der Waals surface area contributed by atoms with Gasteiger partial charge in [0.05, 0.1) is 0 Å². The summed E-state index contributed by atoms with van der Waals surface area (Å²) in [6.45, 7) is 1.54. The smallest absolute Gasteiger partial charge is 0.415 e. The van der Waals surface area contributed by atoms with Crippen LogP contribution >= 0.6 is 12.0 Å². The van der Waals surface area contributed by atoms with Gasteiger partial charge in [-0.1, -0.05) is 0 Å². The van der Waals surface area contributed by atoms with E-state index in [1.54, 1.807) is 0 Å². The van der Waals surface area contributed by atoms with E-state index in [-0.39, 0.29) is 0 Å². The highest BCUT2D eigenvalue weighted by molar-refractivity contribution is 7.96. The van der Waals surface area contributed by atoms with Gasteiger partial charge in [-0.2, -0.15) is 13.1 Å². The van der Waals surface area contributed by atoms with Crippen molar-refractivity contribution in [1.82, 2.24) is 0 Å². The van der Waals surface area contributed by atoms with Gasteiger partial charge in [0, 0.05) is 0 Å². The fraction of sp³-hybridized carbons (Fsp3) is 0.833. The number of halogens is 2. The lowest BCUT2D eigenvalue weighted by atomic mass is 10.4.